The fourth-order valence-corrected chi connectivity index (χ4v) is 1.90. The van der Waals surface area contributed by atoms with Gasteiger partial charge >= 0.3 is 0 Å². The Hall–Kier alpha value is -1.40. The van der Waals surface area contributed by atoms with E-state index in [2.05, 4.69) is 21.0 Å². The maximum Gasteiger partial charge on any atom is 0.146 e. The van der Waals surface area contributed by atoms with Gasteiger partial charge in [-0.15, -0.1) is 0 Å². The standard InChI is InChI=1S/C11H11BrFN3O/c12-8-3-1-2-7(11(8)13)9-6-10(14)16(15-9)4-5-17/h1-3,6,17H,4-5,14H2. The lowest BCUT2D eigenvalue weighted by atomic mass is 10.1. The van der Waals surface area contributed by atoms with Crippen molar-refractivity contribution in [2.75, 3.05) is 12.3 Å². The van der Waals surface area contributed by atoms with Gasteiger partial charge < -0.3 is 10.8 Å². The summed E-state index contributed by atoms with van der Waals surface area (Å²) >= 11 is 3.12. The van der Waals surface area contributed by atoms with E-state index in [0.29, 0.717) is 28.1 Å². The number of nitrogens with two attached hydrogens (primary N) is 1. The molecule has 0 aliphatic carbocycles. The average Bonchev–Trinajstić information content (AvgIpc) is 2.65. The highest BCUT2D eigenvalue weighted by atomic mass is 79.9. The molecule has 3 N–H and O–H groups in total. The van der Waals surface area contributed by atoms with Gasteiger partial charge in [0.05, 0.1) is 23.3 Å². The third-order valence-electron chi connectivity index (χ3n) is 2.35. The number of rotatable bonds is 3. The Morgan fingerprint density at radius 2 is 2.24 bits per heavy atom. The number of hydrogen-bond acceptors (Lipinski definition) is 3. The van der Waals surface area contributed by atoms with Gasteiger partial charge in [-0.05, 0) is 28.1 Å². The van der Waals surface area contributed by atoms with Crippen LogP contribution in [0.15, 0.2) is 28.7 Å². The van der Waals surface area contributed by atoms with E-state index in [1.807, 2.05) is 0 Å². The minimum absolute atomic E-state index is 0.0632. The minimum atomic E-state index is -0.374. The molecule has 0 radical (unpaired) electrons. The van der Waals surface area contributed by atoms with E-state index in [4.69, 9.17) is 10.8 Å². The van der Waals surface area contributed by atoms with Crippen LogP contribution in [0.1, 0.15) is 0 Å². The third kappa shape index (κ3) is 2.32. The predicted molar refractivity (Wildman–Crippen MR) is 66.8 cm³/mol. The van der Waals surface area contributed by atoms with Gasteiger partial charge in [-0.2, -0.15) is 5.10 Å². The first kappa shape index (κ1) is 12.1. The molecule has 1 aromatic carbocycles. The van der Waals surface area contributed by atoms with Crippen molar-refractivity contribution in [3.05, 3.63) is 34.6 Å². The molecule has 0 aliphatic heterocycles. The van der Waals surface area contributed by atoms with Crippen LogP contribution in [0.2, 0.25) is 0 Å². The SMILES string of the molecule is Nc1cc(-c2cccc(Br)c2F)nn1CCO. The monoisotopic (exact) mass is 299 g/mol. The third-order valence-corrected chi connectivity index (χ3v) is 2.96. The second kappa shape index (κ2) is 4.85. The molecule has 0 unspecified atom stereocenters. The summed E-state index contributed by atoms with van der Waals surface area (Å²) in [5.74, 6) is 0.0228. The fraction of sp³-hybridized carbons (Fsp3) is 0.182. The first-order chi connectivity index (χ1) is 8.13. The van der Waals surface area contributed by atoms with Crippen LogP contribution in [-0.4, -0.2) is 21.5 Å². The van der Waals surface area contributed by atoms with Gasteiger partial charge in [-0.3, -0.25) is 0 Å². The van der Waals surface area contributed by atoms with Crippen LogP contribution in [0.5, 0.6) is 0 Å². The molecular formula is C11H11BrFN3O. The number of anilines is 1. The van der Waals surface area contributed by atoms with Crippen molar-refractivity contribution in [3.8, 4) is 11.3 Å². The second-order valence-corrected chi connectivity index (χ2v) is 4.36. The van der Waals surface area contributed by atoms with Crippen LogP contribution in [-0.2, 0) is 6.54 Å². The number of benzene rings is 1. The maximum absolute atomic E-state index is 13.8. The number of nitrogen functional groups attached to an aromatic ring is 1. The van der Waals surface area contributed by atoms with Gasteiger partial charge in [0, 0.05) is 11.6 Å². The van der Waals surface area contributed by atoms with E-state index in [1.165, 1.54) is 4.68 Å². The summed E-state index contributed by atoms with van der Waals surface area (Å²) in [6.45, 7) is 0.230. The summed E-state index contributed by atoms with van der Waals surface area (Å²) in [4.78, 5) is 0. The molecule has 0 atom stereocenters. The van der Waals surface area contributed by atoms with Crippen molar-refractivity contribution in [2.24, 2.45) is 0 Å². The van der Waals surface area contributed by atoms with Crippen molar-refractivity contribution < 1.29 is 9.50 Å². The van der Waals surface area contributed by atoms with Gasteiger partial charge in [0.2, 0.25) is 0 Å². The molecule has 17 heavy (non-hydrogen) atoms. The molecule has 1 heterocycles. The Morgan fingerprint density at radius 1 is 1.47 bits per heavy atom. The van der Waals surface area contributed by atoms with E-state index in [1.54, 1.807) is 24.3 Å². The molecule has 2 aromatic rings. The summed E-state index contributed by atoms with van der Waals surface area (Å²) in [7, 11) is 0. The van der Waals surface area contributed by atoms with Gasteiger partial charge in [0.25, 0.3) is 0 Å². The molecule has 0 spiro atoms. The Labute approximate surface area is 106 Å². The van der Waals surface area contributed by atoms with Gasteiger partial charge in [0.15, 0.2) is 0 Å². The molecule has 0 amide bonds. The number of hydrogen-bond donors (Lipinski definition) is 2. The van der Waals surface area contributed by atoms with E-state index in [9.17, 15) is 4.39 Å². The lowest BCUT2D eigenvalue weighted by molar-refractivity contribution is 0.270. The van der Waals surface area contributed by atoms with Gasteiger partial charge in [-0.1, -0.05) is 6.07 Å². The van der Waals surface area contributed by atoms with Crippen molar-refractivity contribution in [2.45, 2.75) is 6.54 Å². The van der Waals surface area contributed by atoms with Crippen LogP contribution in [0.25, 0.3) is 11.3 Å². The zero-order valence-corrected chi connectivity index (χ0v) is 10.5. The van der Waals surface area contributed by atoms with E-state index in [0.717, 1.165) is 0 Å². The van der Waals surface area contributed by atoms with Crippen molar-refractivity contribution in [1.29, 1.82) is 0 Å². The Morgan fingerprint density at radius 3 is 2.94 bits per heavy atom. The molecule has 4 nitrogen and oxygen atoms in total. The van der Waals surface area contributed by atoms with Crippen molar-refractivity contribution in [1.82, 2.24) is 9.78 Å². The summed E-state index contributed by atoms with van der Waals surface area (Å²) in [6, 6.07) is 6.56. The molecule has 0 bridgehead atoms. The summed E-state index contributed by atoms with van der Waals surface area (Å²) in [5, 5.41) is 13.0. The van der Waals surface area contributed by atoms with Crippen LogP contribution < -0.4 is 5.73 Å². The Balaban J connectivity index is 2.46. The lowest BCUT2D eigenvalue weighted by Gasteiger charge is -2.01. The van der Waals surface area contributed by atoms with E-state index in [-0.39, 0.29) is 12.4 Å². The molecule has 1 aromatic heterocycles. The molecule has 0 fully saturated rings. The largest absolute Gasteiger partial charge is 0.394 e. The Kier molecular flexibility index (Phi) is 3.44. The summed E-state index contributed by atoms with van der Waals surface area (Å²) in [6.07, 6.45) is 0. The average molecular weight is 300 g/mol. The van der Waals surface area contributed by atoms with Crippen LogP contribution >= 0.6 is 15.9 Å². The highest BCUT2D eigenvalue weighted by Crippen LogP contribution is 2.27. The molecule has 0 saturated carbocycles. The zero-order valence-electron chi connectivity index (χ0n) is 8.90. The number of nitrogens with zero attached hydrogens (tertiary/aromatic N) is 2. The first-order valence-electron chi connectivity index (χ1n) is 5.02. The minimum Gasteiger partial charge on any atom is -0.394 e. The number of aliphatic hydroxyl groups excluding tert-OH is 1. The smallest absolute Gasteiger partial charge is 0.146 e. The van der Waals surface area contributed by atoms with Gasteiger partial charge in [-0.25, -0.2) is 9.07 Å². The van der Waals surface area contributed by atoms with Crippen LogP contribution in [0.3, 0.4) is 0 Å². The normalized spacial score (nSPS) is 10.8. The van der Waals surface area contributed by atoms with E-state index >= 15 is 0 Å². The zero-order chi connectivity index (χ0) is 12.4. The highest BCUT2D eigenvalue weighted by Gasteiger charge is 2.12. The van der Waals surface area contributed by atoms with Crippen molar-refractivity contribution >= 4 is 21.7 Å². The summed E-state index contributed by atoms with van der Waals surface area (Å²) in [5.41, 5.74) is 6.54. The van der Waals surface area contributed by atoms with Gasteiger partial charge in [0.1, 0.15) is 11.6 Å². The van der Waals surface area contributed by atoms with Crippen molar-refractivity contribution in [3.63, 3.8) is 0 Å². The fourth-order valence-electron chi connectivity index (χ4n) is 1.54. The highest BCUT2D eigenvalue weighted by molar-refractivity contribution is 9.10. The second-order valence-electron chi connectivity index (χ2n) is 3.50. The molecule has 2 rings (SSSR count). The number of aliphatic hydroxyl groups is 1. The molecule has 0 aliphatic rings. The molecule has 90 valence electrons. The molecule has 6 heteroatoms. The van der Waals surface area contributed by atoms with Crippen LogP contribution in [0.4, 0.5) is 10.2 Å². The maximum atomic E-state index is 13.8. The molecular weight excluding hydrogens is 289 g/mol. The molecule has 0 saturated heterocycles. The number of aromatic nitrogens is 2. The lowest BCUT2D eigenvalue weighted by Crippen LogP contribution is -2.07. The van der Waals surface area contributed by atoms with E-state index < -0.39 is 0 Å². The topological polar surface area (TPSA) is 64.1 Å². The first-order valence-corrected chi connectivity index (χ1v) is 5.81. The summed E-state index contributed by atoms with van der Waals surface area (Å²) < 4.78 is 15.6. The predicted octanol–water partition coefficient (Wildman–Crippen LogP) is 2.03. The Bertz CT molecular complexity index is 542. The quantitative estimate of drug-likeness (QED) is 0.911. The number of halogens is 2. The van der Waals surface area contributed by atoms with Crippen LogP contribution in [0, 0.1) is 5.82 Å².